The minimum absolute atomic E-state index is 0.0730. The number of esters is 1. The summed E-state index contributed by atoms with van der Waals surface area (Å²) in [6, 6.07) is 12.1. The molecule has 1 atom stereocenters. The third-order valence-electron chi connectivity index (χ3n) is 7.30. The summed E-state index contributed by atoms with van der Waals surface area (Å²) in [5.41, 5.74) is 2.68. The summed E-state index contributed by atoms with van der Waals surface area (Å²) in [5, 5.41) is 0.351. The number of aromatic nitrogens is 3. The second kappa shape index (κ2) is 12.2. The number of rotatable bonds is 9. The molecule has 41 heavy (non-hydrogen) atoms. The molecule has 1 aromatic carbocycles. The Balaban J connectivity index is 1.13. The van der Waals surface area contributed by atoms with Crippen LogP contribution in [0, 0.1) is 5.82 Å². The van der Waals surface area contributed by atoms with E-state index in [1.54, 1.807) is 25.1 Å². The molecule has 2 saturated heterocycles. The quantitative estimate of drug-likeness (QED) is 0.204. The molecule has 0 amide bonds. The van der Waals surface area contributed by atoms with Crippen LogP contribution >= 0.6 is 22.9 Å². The molecule has 0 bridgehead atoms. The van der Waals surface area contributed by atoms with Gasteiger partial charge in [0.15, 0.2) is 0 Å². The van der Waals surface area contributed by atoms with Crippen LogP contribution in [0.2, 0.25) is 5.02 Å². The molecule has 2 fully saturated rings. The fourth-order valence-corrected chi connectivity index (χ4v) is 6.06. The third-order valence-corrected chi connectivity index (χ3v) is 8.53. The molecule has 0 radical (unpaired) electrons. The summed E-state index contributed by atoms with van der Waals surface area (Å²) in [5.74, 6) is 1.46. The van der Waals surface area contributed by atoms with Crippen LogP contribution in [0.1, 0.15) is 47.2 Å². The molecule has 3 aromatic heterocycles. The Morgan fingerprint density at radius 2 is 2.05 bits per heavy atom. The molecule has 5 heterocycles. The Kier molecular flexibility index (Phi) is 8.23. The average molecular weight is 597 g/mol. The molecule has 0 N–H and O–H groups in total. The number of anilines is 1. The first-order valence-corrected chi connectivity index (χ1v) is 14.9. The highest BCUT2D eigenvalue weighted by atomic mass is 35.5. The lowest BCUT2D eigenvalue weighted by Gasteiger charge is -2.30. The van der Waals surface area contributed by atoms with Crippen LogP contribution < -0.4 is 9.64 Å². The van der Waals surface area contributed by atoms with Gasteiger partial charge in [-0.3, -0.25) is 0 Å². The highest BCUT2D eigenvalue weighted by Crippen LogP contribution is 2.31. The molecule has 8 nitrogen and oxygen atoms in total. The average Bonchev–Trinajstić information content (AvgIpc) is 3.49. The zero-order valence-corrected chi connectivity index (χ0v) is 24.2. The number of fused-ring (bicyclic) bond motifs is 1. The standard InChI is InChI=1S/C30H30ClFN4O4S/c1-2-38-30(37)25-16-24-29(41-25)34-27(36(24)17-22-10-13-39-22)14-19-8-11-35(12-9-19)26-4-3-5-28(33-26)40-18-20-6-7-21(31)15-23(20)32/h3-7,14-16,22H,2,8-13,17-18H2,1H3/t22-/m0/s1. The van der Waals surface area contributed by atoms with Gasteiger partial charge in [0.1, 0.15) is 33.8 Å². The number of benzene rings is 1. The lowest BCUT2D eigenvalue weighted by Crippen LogP contribution is -2.32. The largest absolute Gasteiger partial charge is 0.473 e. The third kappa shape index (κ3) is 6.24. The molecular weight excluding hydrogens is 567 g/mol. The van der Waals surface area contributed by atoms with Crippen LogP contribution in [0.15, 0.2) is 48.0 Å². The summed E-state index contributed by atoms with van der Waals surface area (Å²) in [6.45, 7) is 5.32. The Bertz CT molecular complexity index is 1590. The number of thiophene rings is 1. The Labute approximate surface area is 246 Å². The van der Waals surface area contributed by atoms with E-state index in [-0.39, 0.29) is 18.7 Å². The summed E-state index contributed by atoms with van der Waals surface area (Å²) < 4.78 is 33.0. The number of carbonyl (C=O) groups is 1. The number of halogens is 2. The van der Waals surface area contributed by atoms with E-state index in [1.165, 1.54) is 23.0 Å². The van der Waals surface area contributed by atoms with Gasteiger partial charge in [-0.05, 0) is 56.5 Å². The molecule has 0 saturated carbocycles. The Morgan fingerprint density at radius 1 is 1.22 bits per heavy atom. The van der Waals surface area contributed by atoms with Gasteiger partial charge in [0, 0.05) is 36.3 Å². The van der Waals surface area contributed by atoms with Gasteiger partial charge in [-0.1, -0.05) is 29.3 Å². The number of imidazole rings is 1. The maximum atomic E-state index is 14.1. The van der Waals surface area contributed by atoms with E-state index in [4.69, 9.17) is 30.8 Å². The van der Waals surface area contributed by atoms with Crippen molar-refractivity contribution in [1.82, 2.24) is 14.5 Å². The Morgan fingerprint density at radius 3 is 2.78 bits per heavy atom. The molecule has 2 aliphatic rings. The van der Waals surface area contributed by atoms with Crippen molar-refractivity contribution in [2.75, 3.05) is 31.2 Å². The van der Waals surface area contributed by atoms with E-state index in [0.29, 0.717) is 34.5 Å². The summed E-state index contributed by atoms with van der Waals surface area (Å²) in [6.07, 6.45) is 5.10. The zero-order valence-electron chi connectivity index (χ0n) is 22.6. The molecule has 0 aliphatic carbocycles. The van der Waals surface area contributed by atoms with Gasteiger partial charge < -0.3 is 23.7 Å². The van der Waals surface area contributed by atoms with Crippen LogP contribution in [0.5, 0.6) is 5.88 Å². The molecule has 214 valence electrons. The second-order valence-corrected chi connectivity index (χ2v) is 11.5. The van der Waals surface area contributed by atoms with Crippen molar-refractivity contribution in [1.29, 1.82) is 0 Å². The zero-order chi connectivity index (χ0) is 28.3. The molecule has 4 aromatic rings. The first-order valence-electron chi connectivity index (χ1n) is 13.7. The van der Waals surface area contributed by atoms with E-state index >= 15 is 0 Å². The fraction of sp³-hybridized carbons (Fsp3) is 0.367. The van der Waals surface area contributed by atoms with Crippen LogP contribution in [-0.2, 0) is 22.6 Å². The smallest absolute Gasteiger partial charge is 0.348 e. The van der Waals surface area contributed by atoms with Crippen molar-refractivity contribution in [3.05, 3.63) is 75.1 Å². The van der Waals surface area contributed by atoms with Gasteiger partial charge in [-0.25, -0.2) is 14.2 Å². The first-order chi connectivity index (χ1) is 20.0. The number of hydrogen-bond acceptors (Lipinski definition) is 8. The first kappa shape index (κ1) is 27.7. The van der Waals surface area contributed by atoms with E-state index in [0.717, 1.165) is 60.9 Å². The summed E-state index contributed by atoms with van der Waals surface area (Å²) >= 11 is 7.21. The molecule has 6 rings (SSSR count). The summed E-state index contributed by atoms with van der Waals surface area (Å²) in [4.78, 5) is 25.5. The highest BCUT2D eigenvalue weighted by molar-refractivity contribution is 7.20. The predicted molar refractivity (Wildman–Crippen MR) is 157 cm³/mol. The lowest BCUT2D eigenvalue weighted by atomic mass is 10.0. The van der Waals surface area contributed by atoms with Crippen molar-refractivity contribution < 1.29 is 23.4 Å². The molecule has 0 unspecified atom stereocenters. The van der Waals surface area contributed by atoms with E-state index < -0.39 is 5.82 Å². The Hall–Kier alpha value is -3.47. The van der Waals surface area contributed by atoms with Crippen molar-refractivity contribution in [3.63, 3.8) is 0 Å². The molecular formula is C30H30ClFN4O4S. The predicted octanol–water partition coefficient (Wildman–Crippen LogP) is 6.51. The van der Waals surface area contributed by atoms with E-state index in [9.17, 15) is 9.18 Å². The van der Waals surface area contributed by atoms with Crippen LogP contribution in [-0.4, -0.2) is 52.9 Å². The maximum absolute atomic E-state index is 14.1. The van der Waals surface area contributed by atoms with E-state index in [1.807, 2.05) is 18.2 Å². The van der Waals surface area contributed by atoms with Gasteiger partial charge in [-0.2, -0.15) is 4.98 Å². The number of pyridine rings is 1. The normalized spacial score (nSPS) is 17.0. The van der Waals surface area contributed by atoms with Gasteiger partial charge in [-0.15, -0.1) is 11.3 Å². The number of ether oxygens (including phenoxy) is 3. The number of nitrogens with zero attached hydrogens (tertiary/aromatic N) is 4. The van der Waals surface area contributed by atoms with Gasteiger partial charge in [0.25, 0.3) is 0 Å². The molecule has 11 heteroatoms. The maximum Gasteiger partial charge on any atom is 0.348 e. The SMILES string of the molecule is CCOC(=O)c1cc2c(nc(C=C3CCN(c4cccc(OCc5ccc(Cl)cc5F)n4)CC3)n2C[C@@H]2CCO2)s1. The second-order valence-electron chi connectivity index (χ2n) is 10.0. The number of piperidine rings is 1. The van der Waals surface area contributed by atoms with Crippen LogP contribution in [0.25, 0.3) is 16.4 Å². The number of hydrogen-bond donors (Lipinski definition) is 0. The minimum atomic E-state index is -0.399. The molecule has 2 aliphatic heterocycles. The van der Waals surface area contributed by atoms with Crippen molar-refractivity contribution in [3.8, 4) is 5.88 Å². The lowest BCUT2D eigenvalue weighted by molar-refractivity contribution is -0.0587. The topological polar surface area (TPSA) is 78.7 Å². The van der Waals surface area contributed by atoms with Crippen molar-refractivity contribution in [2.24, 2.45) is 0 Å². The van der Waals surface area contributed by atoms with Crippen molar-refractivity contribution in [2.45, 2.75) is 45.4 Å². The van der Waals surface area contributed by atoms with E-state index in [2.05, 4.69) is 20.5 Å². The van der Waals surface area contributed by atoms with Gasteiger partial charge in [0.05, 0.1) is 24.8 Å². The monoisotopic (exact) mass is 596 g/mol. The van der Waals surface area contributed by atoms with Crippen LogP contribution in [0.4, 0.5) is 10.2 Å². The molecule has 0 spiro atoms. The minimum Gasteiger partial charge on any atom is -0.473 e. The summed E-state index contributed by atoms with van der Waals surface area (Å²) in [7, 11) is 0. The van der Waals surface area contributed by atoms with Gasteiger partial charge >= 0.3 is 5.97 Å². The number of carbonyl (C=O) groups excluding carboxylic acids is 1. The fourth-order valence-electron chi connectivity index (χ4n) is 4.97. The van der Waals surface area contributed by atoms with Crippen LogP contribution in [0.3, 0.4) is 0 Å². The highest BCUT2D eigenvalue weighted by Gasteiger charge is 2.24. The van der Waals surface area contributed by atoms with Gasteiger partial charge in [0.2, 0.25) is 5.88 Å². The van der Waals surface area contributed by atoms with Crippen molar-refractivity contribution >= 4 is 51.1 Å².